The SMILES string of the molecule is CCN1C(=CC=CC2=[N+](CCCCCC(=O)NCC#Cc3cc([N+](=O)[O-])c([C@@H](OCc4cn([C@H]5CC(O)[C@@H](COP(O)(=S)C(C)(C)C)O5)c(=O)[nH]c4=O)C(C)(C)C)cc3OC)c3ccc(S(=O)(=O)[O-])cc3C2(C)C)C(C)(C)c2cc(C)ccc21. The molecule has 5 atom stereocenters. The van der Waals surface area contributed by atoms with E-state index < -0.39 is 79.9 Å². The van der Waals surface area contributed by atoms with Crippen LogP contribution in [0.1, 0.15) is 154 Å². The number of fused-ring (bicyclic) bond motifs is 2. The van der Waals surface area contributed by atoms with Crippen molar-refractivity contribution in [3.05, 3.63) is 143 Å². The van der Waals surface area contributed by atoms with E-state index in [4.69, 9.17) is 30.5 Å². The predicted molar refractivity (Wildman–Crippen MR) is 325 cm³/mol. The van der Waals surface area contributed by atoms with Gasteiger partial charge in [-0.25, -0.2) is 13.2 Å². The van der Waals surface area contributed by atoms with E-state index in [0.29, 0.717) is 25.8 Å². The van der Waals surface area contributed by atoms with Crippen molar-refractivity contribution >= 4 is 57.1 Å². The summed E-state index contributed by atoms with van der Waals surface area (Å²) in [6, 6.07) is 13.8. The van der Waals surface area contributed by atoms with E-state index in [2.05, 4.69) is 89.7 Å². The Labute approximate surface area is 497 Å². The Balaban J connectivity index is 0.994. The normalized spacial score (nSPS) is 19.9. The van der Waals surface area contributed by atoms with E-state index in [0.717, 1.165) is 33.8 Å². The van der Waals surface area contributed by atoms with Crippen LogP contribution in [0.25, 0.3) is 0 Å². The lowest BCUT2D eigenvalue weighted by atomic mass is 9.81. The van der Waals surface area contributed by atoms with Gasteiger partial charge < -0.3 is 43.5 Å². The number of aromatic nitrogens is 2. The predicted octanol–water partition coefficient (Wildman–Crippen LogP) is 9.10. The molecule has 3 aliphatic rings. The minimum absolute atomic E-state index is 0.00419. The second kappa shape index (κ2) is 25.5. The first-order valence-corrected chi connectivity index (χ1v) is 32.1. The van der Waals surface area contributed by atoms with E-state index >= 15 is 0 Å². The van der Waals surface area contributed by atoms with Crippen molar-refractivity contribution in [2.75, 3.05) is 38.3 Å². The number of benzene rings is 3. The van der Waals surface area contributed by atoms with Crippen LogP contribution in [0.4, 0.5) is 17.1 Å². The maximum absolute atomic E-state index is 13.2. The fourth-order valence-corrected chi connectivity index (χ4v) is 12.4. The monoisotopic (exact) mass is 1210 g/mol. The van der Waals surface area contributed by atoms with Gasteiger partial charge in [-0.05, 0) is 93.7 Å². The number of hydrogen-bond acceptors (Lipinski definition) is 15. The standard InChI is InChI=1S/C61H79N6O14PS2/c1-14-64-45-26-24-38(2)30-43(45)60(9,10)51(64)21-18-22-52-61(11,12)44-32-41(84(75,76)77)25-27-46(44)65(52)29-17-15-16-23-53(69)62-28-19-20-39-31-47(67(72)73)42(33-49(39)78-13)55(58(3,4)5)79-36-40-35-66(57(71)63-56(40)70)54-34-48(68)50(81-54)37-80-82(74,83)59(6,7)8/h18,21-22,24-27,30-33,35,48,50,54-55,68H,14-17,23,28-29,34,36-37H2,1-13H3,(H3-,62,63,69,70,71,74,75,76,77,83)/t48?,50-,54-,55-,82?/m1/s1. The third kappa shape index (κ3) is 14.2. The lowest BCUT2D eigenvalue weighted by molar-refractivity contribution is -0.438. The third-order valence-corrected chi connectivity index (χ3v) is 20.7. The van der Waals surface area contributed by atoms with Gasteiger partial charge in [-0.2, -0.15) is 4.58 Å². The number of nitrogens with zero attached hydrogens (tertiary/aromatic N) is 4. The van der Waals surface area contributed by atoms with E-state index in [1.165, 1.54) is 54.4 Å². The van der Waals surface area contributed by atoms with Crippen LogP contribution in [0.3, 0.4) is 0 Å². The van der Waals surface area contributed by atoms with E-state index in [1.54, 1.807) is 47.6 Å². The number of unbranched alkanes of at least 4 members (excludes halogenated alkanes) is 2. The maximum Gasteiger partial charge on any atom is 0.330 e. The number of likely N-dealkylation sites (N-methyl/N-ethyl adjacent to an activating group) is 1. The number of nitrogens with one attached hydrogen (secondary N) is 2. The lowest BCUT2D eigenvalue weighted by Crippen LogP contribution is -2.35. The highest BCUT2D eigenvalue weighted by atomic mass is 32.5. The molecule has 3 aromatic carbocycles. The molecule has 1 aromatic heterocycles. The van der Waals surface area contributed by atoms with Crippen LogP contribution in [-0.4, -0.2) is 104 Å². The lowest BCUT2D eigenvalue weighted by Gasteiger charge is -2.31. The number of aliphatic hydroxyl groups is 1. The number of methoxy groups -OCH3 is 1. The molecule has 0 spiro atoms. The van der Waals surface area contributed by atoms with Crippen molar-refractivity contribution in [3.8, 4) is 17.6 Å². The summed E-state index contributed by atoms with van der Waals surface area (Å²) in [5.74, 6) is 5.74. The summed E-state index contributed by atoms with van der Waals surface area (Å²) in [7, 11) is -3.31. The topological polar surface area (TPSA) is 268 Å². The van der Waals surface area contributed by atoms with Crippen LogP contribution in [0.15, 0.2) is 93.1 Å². The number of carbonyl (C=O) groups is 1. The van der Waals surface area contributed by atoms with Crippen molar-refractivity contribution in [3.63, 3.8) is 0 Å². The number of nitro groups is 1. The molecule has 3 aliphatic heterocycles. The molecule has 23 heteroatoms. The van der Waals surface area contributed by atoms with Crippen LogP contribution >= 0.6 is 6.49 Å². The number of aliphatic hydroxyl groups excluding tert-OH is 1. The highest BCUT2D eigenvalue weighted by Gasteiger charge is 2.46. The Kier molecular flexibility index (Phi) is 19.8. The summed E-state index contributed by atoms with van der Waals surface area (Å²) in [6.07, 6.45) is 5.57. The number of hydrogen-bond donors (Lipinski definition) is 4. The average Bonchev–Trinajstić information content (AvgIpc) is 3.38. The summed E-state index contributed by atoms with van der Waals surface area (Å²) in [5, 5.41) is 25.6. The Hall–Kier alpha value is -6.12. The van der Waals surface area contributed by atoms with Gasteiger partial charge in [-0.15, -0.1) is 0 Å². The number of ether oxygens (including phenoxy) is 3. The molecular formula is C61H79N6O14PS2. The maximum atomic E-state index is 13.2. The zero-order valence-corrected chi connectivity index (χ0v) is 52.7. The number of anilines is 1. The highest BCUT2D eigenvalue weighted by molar-refractivity contribution is 8.10. The number of carbonyl (C=O) groups excluding carboxylic acids is 1. The second-order valence-electron chi connectivity index (χ2n) is 24.7. The van der Waals surface area contributed by atoms with Crippen molar-refractivity contribution in [1.82, 2.24) is 14.9 Å². The largest absolute Gasteiger partial charge is 0.744 e. The molecule has 0 saturated carbocycles. The fraction of sp³-hybridized carbons (Fsp3) is 0.508. The van der Waals surface area contributed by atoms with Crippen LogP contribution in [0.2, 0.25) is 0 Å². The Bertz CT molecular complexity index is 3650. The minimum Gasteiger partial charge on any atom is -0.744 e. The summed E-state index contributed by atoms with van der Waals surface area (Å²) in [6.45, 7) is 20.8. The first-order valence-electron chi connectivity index (χ1n) is 28.0. The van der Waals surface area contributed by atoms with Gasteiger partial charge in [0, 0.05) is 77.7 Å². The molecular weight excluding hydrogens is 1140 g/mol. The second-order valence-corrected chi connectivity index (χ2v) is 30.2. The molecule has 1 amide bonds. The Morgan fingerprint density at radius 1 is 1.06 bits per heavy atom. The summed E-state index contributed by atoms with van der Waals surface area (Å²) in [4.78, 5) is 66.5. The summed E-state index contributed by atoms with van der Waals surface area (Å²) in [5.41, 5.74) is 4.01. The van der Waals surface area contributed by atoms with Crippen molar-refractivity contribution in [2.24, 2.45) is 5.41 Å². The number of amides is 1. The van der Waals surface area contributed by atoms with Gasteiger partial charge in [0.15, 0.2) is 12.2 Å². The molecule has 2 unspecified atom stereocenters. The minimum atomic E-state index is -4.70. The number of H-pyrrole nitrogens is 1. The van der Waals surface area contributed by atoms with Crippen molar-refractivity contribution in [1.29, 1.82) is 0 Å². The number of aromatic amines is 1. The van der Waals surface area contributed by atoms with Crippen LogP contribution in [-0.2, 0) is 58.2 Å². The molecule has 0 bridgehead atoms. The quantitative estimate of drug-likeness (QED) is 0.0115. The van der Waals surface area contributed by atoms with Crippen molar-refractivity contribution < 1.29 is 56.0 Å². The molecule has 4 N–H and O–H groups in total. The summed E-state index contributed by atoms with van der Waals surface area (Å²) < 4.78 is 63.4. The van der Waals surface area contributed by atoms with E-state index in [-0.39, 0.29) is 70.3 Å². The molecule has 84 heavy (non-hydrogen) atoms. The van der Waals surface area contributed by atoms with E-state index in [1.807, 2.05) is 19.9 Å². The average molecular weight is 1220 g/mol. The fourth-order valence-electron chi connectivity index (χ4n) is 11.0. The van der Waals surface area contributed by atoms with Crippen LogP contribution in [0.5, 0.6) is 5.75 Å². The molecule has 7 rings (SSSR count). The molecule has 0 radical (unpaired) electrons. The van der Waals surface area contributed by atoms with Gasteiger partial charge in [0.05, 0.1) is 71.0 Å². The molecule has 4 heterocycles. The van der Waals surface area contributed by atoms with Gasteiger partial charge in [0.2, 0.25) is 11.6 Å². The first-order chi connectivity index (χ1) is 39.1. The summed E-state index contributed by atoms with van der Waals surface area (Å²) >= 11 is 5.30. The molecule has 4 aromatic rings. The van der Waals surface area contributed by atoms with Gasteiger partial charge in [-0.1, -0.05) is 91.0 Å². The smallest absolute Gasteiger partial charge is 0.330 e. The molecule has 454 valence electrons. The number of allylic oxidation sites excluding steroid dienone is 4. The van der Waals surface area contributed by atoms with Crippen LogP contribution < -0.4 is 26.2 Å². The number of nitro benzene ring substituents is 1. The van der Waals surface area contributed by atoms with Gasteiger partial charge >= 0.3 is 5.69 Å². The zero-order chi connectivity index (χ0) is 62.1. The van der Waals surface area contributed by atoms with Gasteiger partial charge in [0.1, 0.15) is 34.7 Å². The Morgan fingerprint density at radius 3 is 2.42 bits per heavy atom. The molecule has 20 nitrogen and oxygen atoms in total. The van der Waals surface area contributed by atoms with Gasteiger partial charge in [0.25, 0.3) is 11.2 Å². The highest BCUT2D eigenvalue weighted by Crippen LogP contribution is 2.56. The van der Waals surface area contributed by atoms with E-state index in [9.17, 15) is 47.5 Å². The third-order valence-electron chi connectivity index (χ3n) is 15.7. The van der Waals surface area contributed by atoms with Gasteiger partial charge in [-0.3, -0.25) is 29.3 Å². The zero-order valence-electron chi connectivity index (χ0n) is 50.2. The number of aryl methyl sites for hydroxylation is 1. The first kappa shape index (κ1) is 65.4. The number of rotatable bonds is 21. The molecule has 1 fully saturated rings. The van der Waals surface area contributed by atoms with Crippen LogP contribution in [0, 0.1) is 34.3 Å². The Morgan fingerprint density at radius 2 is 1.77 bits per heavy atom. The molecule has 1 saturated heterocycles. The van der Waals surface area contributed by atoms with Crippen molar-refractivity contribution in [2.45, 2.75) is 167 Å². The molecule has 0 aliphatic carbocycles.